The molecule has 296 valence electrons. The number of nitrogens with zero attached hydrogens (tertiary/aromatic N) is 2. The van der Waals surface area contributed by atoms with E-state index in [0.29, 0.717) is 0 Å². The zero-order valence-electron chi connectivity index (χ0n) is 34.6. The molecule has 0 N–H and O–H groups in total. The molecule has 0 bridgehead atoms. The lowest BCUT2D eigenvalue weighted by atomic mass is 9.97. The molecule has 2 fully saturated rings. The van der Waals surface area contributed by atoms with Crippen molar-refractivity contribution in [1.29, 1.82) is 0 Å². The Morgan fingerprint density at radius 2 is 0.647 bits per heavy atom. The third-order valence-electron chi connectivity index (χ3n) is 7.06. The highest BCUT2D eigenvalue weighted by Gasteiger charge is 2.56. The van der Waals surface area contributed by atoms with Crippen molar-refractivity contribution < 1.29 is 40.8 Å². The van der Waals surface area contributed by atoms with E-state index in [1.165, 1.54) is 0 Å². The maximum absolute atomic E-state index is 7.07. The molecule has 0 spiro atoms. The molecule has 0 aliphatic carbocycles. The standard InChI is InChI=1S/C32H68N2O9S2Si6/c1-46(2,3)38-25-23(19-33-21-44)35-31(29(42-50(13,14)15)27(25)40-48(7,8)9)37-32-30(43-51(16,17)18)28(41-49(10,11)12)26(39-47(4,5)6)24(36-32)20-34-22-45/h23-32H,19-20H2,1-18H3/t23-,24+,25-,26+,27+,28-,29-,30+,31-,32+. The summed E-state index contributed by atoms with van der Waals surface area (Å²) in [6.07, 6.45) is -6.20. The van der Waals surface area contributed by atoms with Crippen LogP contribution in [-0.4, -0.2) is 135 Å². The molecule has 0 aromatic carbocycles. The summed E-state index contributed by atoms with van der Waals surface area (Å²) in [7, 11) is -13.1. The molecule has 2 aliphatic rings. The summed E-state index contributed by atoms with van der Waals surface area (Å²) < 4.78 is 62.6. The highest BCUT2D eigenvalue weighted by molar-refractivity contribution is 7.78. The Labute approximate surface area is 326 Å². The Bertz CT molecular complexity index is 1130. The van der Waals surface area contributed by atoms with Crippen LogP contribution in [0.4, 0.5) is 0 Å². The summed E-state index contributed by atoms with van der Waals surface area (Å²) in [6.45, 7) is 39.3. The van der Waals surface area contributed by atoms with E-state index in [1.54, 1.807) is 0 Å². The third kappa shape index (κ3) is 17.5. The third-order valence-corrected chi connectivity index (χ3v) is 13.2. The molecule has 51 heavy (non-hydrogen) atoms. The lowest BCUT2D eigenvalue weighted by molar-refractivity contribution is -0.363. The van der Waals surface area contributed by atoms with Crippen LogP contribution in [0.5, 0.6) is 0 Å². The summed E-state index contributed by atoms with van der Waals surface area (Å²) >= 11 is 10.0. The van der Waals surface area contributed by atoms with Crippen LogP contribution < -0.4 is 0 Å². The van der Waals surface area contributed by atoms with Crippen LogP contribution >= 0.6 is 24.4 Å². The molecule has 0 aromatic heterocycles. The van der Waals surface area contributed by atoms with Crippen molar-refractivity contribution in [3.8, 4) is 0 Å². The van der Waals surface area contributed by atoms with Gasteiger partial charge in [-0.15, -0.1) is 0 Å². The molecule has 2 aliphatic heterocycles. The van der Waals surface area contributed by atoms with Gasteiger partial charge in [0.1, 0.15) is 48.8 Å². The van der Waals surface area contributed by atoms with Gasteiger partial charge in [-0.3, -0.25) is 0 Å². The minimum atomic E-state index is -2.23. The van der Waals surface area contributed by atoms with Crippen LogP contribution in [0.1, 0.15) is 0 Å². The normalized spacial score (nSPS) is 31.5. The Balaban J connectivity index is 2.84. The second-order valence-electron chi connectivity index (χ2n) is 19.3. The van der Waals surface area contributed by atoms with E-state index in [-0.39, 0.29) is 13.1 Å². The highest BCUT2D eigenvalue weighted by atomic mass is 32.1. The van der Waals surface area contributed by atoms with E-state index in [2.05, 4.69) is 138 Å². The van der Waals surface area contributed by atoms with E-state index in [1.807, 2.05) is 0 Å². The summed E-state index contributed by atoms with van der Waals surface area (Å²) in [4.78, 5) is 8.66. The average molecular weight is 858 g/mol. The molecule has 2 saturated heterocycles. The molecule has 11 nitrogen and oxygen atoms in total. The zero-order valence-corrected chi connectivity index (χ0v) is 42.2. The lowest BCUT2D eigenvalue weighted by Crippen LogP contribution is -2.69. The van der Waals surface area contributed by atoms with Crippen LogP contribution in [0, 0.1) is 0 Å². The Hall–Kier alpha value is 0.541. The van der Waals surface area contributed by atoms with Gasteiger partial charge in [0.15, 0.2) is 62.5 Å². The number of thiocarbonyl (C=S) groups is 2. The van der Waals surface area contributed by atoms with Gasteiger partial charge in [0.2, 0.25) is 0 Å². The van der Waals surface area contributed by atoms with Gasteiger partial charge < -0.3 is 40.8 Å². The molecule has 10 atom stereocenters. The number of rotatable bonds is 18. The smallest absolute Gasteiger partial charge is 0.188 e. The number of isothiocyanates is 2. The predicted molar refractivity (Wildman–Crippen MR) is 228 cm³/mol. The van der Waals surface area contributed by atoms with Gasteiger partial charge >= 0.3 is 0 Å². The molecule has 0 amide bonds. The number of ether oxygens (including phenoxy) is 3. The number of hydrogen-bond donors (Lipinski definition) is 0. The van der Waals surface area contributed by atoms with E-state index in [0.717, 1.165) is 0 Å². The zero-order chi connectivity index (χ0) is 39.4. The molecule has 0 unspecified atom stereocenters. The van der Waals surface area contributed by atoms with Gasteiger partial charge in [-0.05, 0) is 142 Å². The fourth-order valence-corrected chi connectivity index (χ4v) is 12.6. The van der Waals surface area contributed by atoms with E-state index < -0.39 is 111 Å². The van der Waals surface area contributed by atoms with E-state index >= 15 is 0 Å². The Morgan fingerprint density at radius 3 is 0.882 bits per heavy atom. The Morgan fingerprint density at radius 1 is 0.412 bits per heavy atom. The maximum atomic E-state index is 7.07. The molecular formula is C32H68N2O9S2Si6. The van der Waals surface area contributed by atoms with Crippen molar-refractivity contribution in [1.82, 2.24) is 0 Å². The van der Waals surface area contributed by atoms with Gasteiger partial charge in [0.25, 0.3) is 0 Å². The van der Waals surface area contributed by atoms with Crippen LogP contribution in [0.25, 0.3) is 0 Å². The first-order valence-electron chi connectivity index (χ1n) is 18.0. The molecule has 2 rings (SSSR count). The van der Waals surface area contributed by atoms with Crippen LogP contribution in [-0.2, 0) is 40.8 Å². The number of hydrogen-bond acceptors (Lipinski definition) is 13. The SMILES string of the molecule is C[Si](C)(C)O[C@@H]1[C@@H](O[Si](C)(C)C)[C@@H](O[C@@H]2O[C@@H](CN=C=S)[C@H](O[Si](C)(C)C)[C@@H](O[Si](C)(C)C)[C@@H]2O[Si](C)(C)C)O[C@H](CN=C=S)[C@H]1O[Si](C)(C)C. The molecular weight excluding hydrogens is 789 g/mol. The topological polar surface area (TPSA) is 108 Å². The van der Waals surface area contributed by atoms with Gasteiger partial charge in [-0.2, -0.15) is 0 Å². The summed E-state index contributed by atoms with van der Waals surface area (Å²) in [5.41, 5.74) is 0. The predicted octanol–water partition coefficient (Wildman–Crippen LogP) is 7.98. The maximum Gasteiger partial charge on any atom is 0.188 e. The van der Waals surface area contributed by atoms with Gasteiger partial charge in [0.05, 0.1) is 23.4 Å². The van der Waals surface area contributed by atoms with Crippen LogP contribution in [0.2, 0.25) is 118 Å². The summed E-state index contributed by atoms with van der Waals surface area (Å²) in [6, 6.07) is 0. The van der Waals surface area contributed by atoms with Crippen molar-refractivity contribution in [2.45, 2.75) is 179 Å². The lowest BCUT2D eigenvalue weighted by Gasteiger charge is -2.53. The molecule has 19 heteroatoms. The Kier molecular flexibility index (Phi) is 17.4. The number of aliphatic imine (C=N–C) groups is 2. The highest BCUT2D eigenvalue weighted by Crippen LogP contribution is 2.39. The van der Waals surface area contributed by atoms with Gasteiger partial charge in [-0.25, -0.2) is 9.98 Å². The first-order valence-corrected chi connectivity index (χ1v) is 39.3. The van der Waals surface area contributed by atoms with Crippen molar-refractivity contribution >= 4 is 84.7 Å². The second-order valence-corrected chi connectivity index (χ2v) is 46.4. The first kappa shape index (κ1) is 47.7. The van der Waals surface area contributed by atoms with Crippen molar-refractivity contribution in [2.24, 2.45) is 9.98 Å². The summed E-state index contributed by atoms with van der Waals surface area (Å²) in [5.74, 6) is 0. The van der Waals surface area contributed by atoms with Crippen molar-refractivity contribution in [3.63, 3.8) is 0 Å². The van der Waals surface area contributed by atoms with Crippen molar-refractivity contribution in [3.05, 3.63) is 0 Å². The molecule has 0 aromatic rings. The average Bonchev–Trinajstić information content (AvgIpc) is 2.89. The molecule has 2 heterocycles. The van der Waals surface area contributed by atoms with Crippen LogP contribution in [0.15, 0.2) is 9.98 Å². The minimum Gasteiger partial charge on any atom is -0.409 e. The van der Waals surface area contributed by atoms with Crippen LogP contribution in [0.3, 0.4) is 0 Å². The second kappa shape index (κ2) is 18.7. The molecule has 0 saturated carbocycles. The largest absolute Gasteiger partial charge is 0.409 e. The van der Waals surface area contributed by atoms with E-state index in [9.17, 15) is 0 Å². The minimum absolute atomic E-state index is 0.226. The van der Waals surface area contributed by atoms with E-state index in [4.69, 9.17) is 65.2 Å². The first-order chi connectivity index (χ1) is 22.9. The molecule has 0 radical (unpaired) electrons. The summed E-state index contributed by atoms with van der Waals surface area (Å²) in [5, 5.41) is 5.03. The quantitative estimate of drug-likeness (QED) is 0.0761. The fraction of sp³-hybridized carbons (Fsp3) is 0.938. The monoisotopic (exact) mass is 856 g/mol. The fourth-order valence-electron chi connectivity index (χ4n) is 5.91. The van der Waals surface area contributed by atoms with Crippen molar-refractivity contribution in [2.75, 3.05) is 13.1 Å². The van der Waals surface area contributed by atoms with Gasteiger partial charge in [0, 0.05) is 0 Å². The van der Waals surface area contributed by atoms with Gasteiger partial charge in [-0.1, -0.05) is 0 Å².